The second-order valence-electron chi connectivity index (χ2n) is 2.70. The summed E-state index contributed by atoms with van der Waals surface area (Å²) in [5, 5.41) is 3.73. The van der Waals surface area contributed by atoms with Gasteiger partial charge in [-0.1, -0.05) is 32.0 Å². The van der Waals surface area contributed by atoms with Gasteiger partial charge in [0, 0.05) is 11.8 Å². The van der Waals surface area contributed by atoms with Crippen LogP contribution < -0.4 is 11.2 Å². The van der Waals surface area contributed by atoms with Gasteiger partial charge in [-0.15, -0.1) is 0 Å². The van der Waals surface area contributed by atoms with E-state index in [9.17, 15) is 4.79 Å². The third-order valence-electron chi connectivity index (χ3n) is 1.59. The maximum absolute atomic E-state index is 11.4. The fraction of sp³-hybridized carbons (Fsp3) is 0.333. The molecule has 0 fully saturated rings. The highest BCUT2D eigenvalue weighted by Crippen LogP contribution is 1.97. The number of nitrogens with two attached hydrogens (primary N) is 1. The molecule has 4 nitrogen and oxygen atoms in total. The standard InChI is InChI=1S/C10H13N3O.C2H6/c11-7-4-8-12-13-10(14)9-5-2-1-3-6-9;1-2/h1-3,5-6,8H,4,7,11H2,(H,13,14);1-2H3/b12-8+;. The first-order valence-corrected chi connectivity index (χ1v) is 5.41. The van der Waals surface area contributed by atoms with Gasteiger partial charge in [-0.25, -0.2) is 5.43 Å². The van der Waals surface area contributed by atoms with Crippen molar-refractivity contribution in [2.24, 2.45) is 10.8 Å². The van der Waals surface area contributed by atoms with Crippen molar-refractivity contribution in [2.75, 3.05) is 6.54 Å². The second kappa shape index (κ2) is 9.86. The Labute approximate surface area is 96.5 Å². The molecule has 0 aliphatic heterocycles. The monoisotopic (exact) mass is 221 g/mol. The van der Waals surface area contributed by atoms with E-state index < -0.39 is 0 Å². The van der Waals surface area contributed by atoms with E-state index in [1.807, 2.05) is 19.9 Å². The summed E-state index contributed by atoms with van der Waals surface area (Å²) in [4.78, 5) is 11.4. The van der Waals surface area contributed by atoms with Gasteiger partial charge in [-0.3, -0.25) is 4.79 Å². The zero-order valence-corrected chi connectivity index (χ0v) is 9.81. The SMILES string of the molecule is CC.NCC/C=N/NC(=O)c1ccccc1. The highest BCUT2D eigenvalue weighted by atomic mass is 16.2. The van der Waals surface area contributed by atoms with Crippen LogP contribution in [-0.4, -0.2) is 18.7 Å². The number of amides is 1. The van der Waals surface area contributed by atoms with Crippen molar-refractivity contribution in [1.82, 2.24) is 5.43 Å². The molecule has 1 aromatic rings. The maximum Gasteiger partial charge on any atom is 0.271 e. The zero-order valence-electron chi connectivity index (χ0n) is 9.81. The van der Waals surface area contributed by atoms with Crippen LogP contribution in [0.25, 0.3) is 0 Å². The molecule has 3 N–H and O–H groups in total. The zero-order chi connectivity index (χ0) is 12.2. The van der Waals surface area contributed by atoms with Gasteiger partial charge in [0.2, 0.25) is 0 Å². The molecule has 1 amide bonds. The van der Waals surface area contributed by atoms with Crippen molar-refractivity contribution in [2.45, 2.75) is 20.3 Å². The lowest BCUT2D eigenvalue weighted by molar-refractivity contribution is 0.0955. The summed E-state index contributed by atoms with van der Waals surface area (Å²) in [6, 6.07) is 8.92. The first-order valence-electron chi connectivity index (χ1n) is 5.41. The maximum atomic E-state index is 11.4. The summed E-state index contributed by atoms with van der Waals surface area (Å²) in [6.07, 6.45) is 2.25. The third-order valence-corrected chi connectivity index (χ3v) is 1.59. The van der Waals surface area contributed by atoms with Crippen LogP contribution in [0.2, 0.25) is 0 Å². The van der Waals surface area contributed by atoms with Crippen molar-refractivity contribution in [3.8, 4) is 0 Å². The molecule has 0 atom stereocenters. The first kappa shape index (κ1) is 14.3. The number of hydrazone groups is 1. The number of carbonyl (C=O) groups is 1. The average Bonchev–Trinajstić information content (AvgIpc) is 2.38. The molecule has 4 heteroatoms. The summed E-state index contributed by atoms with van der Waals surface area (Å²) < 4.78 is 0. The first-order chi connectivity index (χ1) is 7.84. The van der Waals surface area contributed by atoms with Crippen LogP contribution in [-0.2, 0) is 0 Å². The van der Waals surface area contributed by atoms with Gasteiger partial charge < -0.3 is 5.73 Å². The molecule has 0 bridgehead atoms. The van der Waals surface area contributed by atoms with E-state index in [1.54, 1.807) is 30.5 Å². The number of hydrogen-bond acceptors (Lipinski definition) is 3. The molecule has 0 aromatic heterocycles. The predicted molar refractivity (Wildman–Crippen MR) is 67.4 cm³/mol. The fourth-order valence-corrected chi connectivity index (χ4v) is 0.897. The van der Waals surface area contributed by atoms with Crippen LogP contribution in [0.15, 0.2) is 35.4 Å². The Morgan fingerprint density at radius 3 is 2.56 bits per heavy atom. The molecule has 0 radical (unpaired) electrons. The lowest BCUT2D eigenvalue weighted by Crippen LogP contribution is -2.17. The Morgan fingerprint density at radius 1 is 1.38 bits per heavy atom. The number of benzene rings is 1. The molecular formula is C12H19N3O. The molecule has 0 unspecified atom stereocenters. The van der Waals surface area contributed by atoms with Gasteiger partial charge in [-0.2, -0.15) is 5.10 Å². The molecule has 0 saturated carbocycles. The Bertz CT molecular complexity index is 309. The van der Waals surface area contributed by atoms with E-state index in [-0.39, 0.29) is 5.91 Å². The minimum Gasteiger partial charge on any atom is -0.330 e. The number of hydrogen-bond donors (Lipinski definition) is 2. The molecule has 16 heavy (non-hydrogen) atoms. The van der Waals surface area contributed by atoms with E-state index in [1.165, 1.54) is 0 Å². The van der Waals surface area contributed by atoms with Crippen molar-refractivity contribution in [3.05, 3.63) is 35.9 Å². The summed E-state index contributed by atoms with van der Waals surface area (Å²) in [7, 11) is 0. The molecule has 88 valence electrons. The lowest BCUT2D eigenvalue weighted by Gasteiger charge is -1.97. The van der Waals surface area contributed by atoms with E-state index >= 15 is 0 Å². The number of rotatable bonds is 4. The van der Waals surface area contributed by atoms with Crippen LogP contribution in [0.5, 0.6) is 0 Å². The van der Waals surface area contributed by atoms with Crippen molar-refractivity contribution in [3.63, 3.8) is 0 Å². The number of carbonyl (C=O) groups excluding carboxylic acids is 1. The quantitative estimate of drug-likeness (QED) is 0.601. The molecule has 0 spiro atoms. The molecule has 1 rings (SSSR count). The molecule has 0 aliphatic rings. The summed E-state index contributed by atoms with van der Waals surface area (Å²) in [6.45, 7) is 4.53. The van der Waals surface area contributed by atoms with Crippen LogP contribution in [0.4, 0.5) is 0 Å². The largest absolute Gasteiger partial charge is 0.330 e. The highest BCUT2D eigenvalue weighted by Gasteiger charge is 2.00. The van der Waals surface area contributed by atoms with Crippen LogP contribution in [0.1, 0.15) is 30.6 Å². The predicted octanol–water partition coefficient (Wildman–Crippen LogP) is 1.78. The third kappa shape index (κ3) is 5.93. The molecule has 0 aliphatic carbocycles. The van der Waals surface area contributed by atoms with E-state index in [4.69, 9.17) is 5.73 Å². The van der Waals surface area contributed by atoms with Gasteiger partial charge in [0.1, 0.15) is 0 Å². The number of nitrogens with zero attached hydrogens (tertiary/aromatic N) is 1. The fourth-order valence-electron chi connectivity index (χ4n) is 0.897. The van der Waals surface area contributed by atoms with Gasteiger partial charge >= 0.3 is 0 Å². The van der Waals surface area contributed by atoms with Gasteiger partial charge in [0.15, 0.2) is 0 Å². The van der Waals surface area contributed by atoms with Gasteiger partial charge in [0.05, 0.1) is 0 Å². The molecular weight excluding hydrogens is 202 g/mol. The Morgan fingerprint density at radius 2 is 2.00 bits per heavy atom. The average molecular weight is 221 g/mol. The van der Waals surface area contributed by atoms with Crippen LogP contribution >= 0.6 is 0 Å². The van der Waals surface area contributed by atoms with Gasteiger partial charge in [-0.05, 0) is 25.1 Å². The summed E-state index contributed by atoms with van der Waals surface area (Å²) in [5.41, 5.74) is 8.26. The van der Waals surface area contributed by atoms with Crippen molar-refractivity contribution in [1.29, 1.82) is 0 Å². The minimum atomic E-state index is -0.209. The molecule has 0 saturated heterocycles. The van der Waals surface area contributed by atoms with E-state index in [2.05, 4.69) is 10.5 Å². The number of nitrogens with one attached hydrogen (secondary N) is 1. The normalized spacial score (nSPS) is 9.44. The Hall–Kier alpha value is -1.68. The van der Waals surface area contributed by atoms with Crippen LogP contribution in [0, 0.1) is 0 Å². The Kier molecular flexibility index (Phi) is 8.82. The summed E-state index contributed by atoms with van der Waals surface area (Å²) >= 11 is 0. The topological polar surface area (TPSA) is 67.5 Å². The lowest BCUT2D eigenvalue weighted by atomic mass is 10.2. The van der Waals surface area contributed by atoms with Crippen molar-refractivity contribution < 1.29 is 4.79 Å². The van der Waals surface area contributed by atoms with E-state index in [0.717, 1.165) is 0 Å². The second-order valence-corrected chi connectivity index (χ2v) is 2.70. The Balaban J connectivity index is 0.00000106. The summed E-state index contributed by atoms with van der Waals surface area (Å²) in [5.74, 6) is -0.209. The van der Waals surface area contributed by atoms with Crippen molar-refractivity contribution >= 4 is 12.1 Å². The van der Waals surface area contributed by atoms with E-state index in [0.29, 0.717) is 18.5 Å². The smallest absolute Gasteiger partial charge is 0.271 e. The molecule has 1 aromatic carbocycles. The minimum absolute atomic E-state index is 0.209. The molecule has 0 heterocycles. The van der Waals surface area contributed by atoms with Gasteiger partial charge in [0.25, 0.3) is 5.91 Å². The van der Waals surface area contributed by atoms with Crippen LogP contribution in [0.3, 0.4) is 0 Å². The highest BCUT2D eigenvalue weighted by molar-refractivity contribution is 5.94.